The molecule has 6 rings (SSSR count). The molecule has 25 heteroatoms. The number of nitrogens with one attached hydrogen (secondary N) is 2. The topological polar surface area (TPSA) is 229 Å². The Bertz CT molecular complexity index is 2070. The Morgan fingerprint density at radius 3 is 2.90 bits per heavy atom. The zero-order valence-electron chi connectivity index (χ0n) is 25.6. The minimum Gasteiger partial charge on any atom is -0.345 e. The van der Waals surface area contributed by atoms with E-state index >= 15 is 4.39 Å². The summed E-state index contributed by atoms with van der Waals surface area (Å²) in [6.07, 6.45) is -3.98. The first kappa shape index (κ1) is 35.6. The van der Waals surface area contributed by atoms with E-state index < -0.39 is 68.6 Å². The first-order chi connectivity index (χ1) is 23.4. The molecule has 1 fully saturated rings. The van der Waals surface area contributed by atoms with Crippen molar-refractivity contribution in [3.63, 3.8) is 0 Å². The third-order valence-corrected chi connectivity index (χ3v) is 11.1. The van der Waals surface area contributed by atoms with Gasteiger partial charge in [0, 0.05) is 12.5 Å². The number of aromatic nitrogens is 9. The van der Waals surface area contributed by atoms with E-state index in [1.807, 2.05) is 0 Å². The number of carbonyl (C=O) groups excluding carboxylic acids is 1. The predicted octanol–water partition coefficient (Wildman–Crippen LogP) is 1.51. The molecule has 262 valence electrons. The van der Waals surface area contributed by atoms with Gasteiger partial charge >= 0.3 is 13.4 Å². The van der Waals surface area contributed by atoms with E-state index in [0.29, 0.717) is 11.2 Å². The molecule has 1 saturated heterocycles. The Balaban J connectivity index is 1.38. The van der Waals surface area contributed by atoms with Crippen molar-refractivity contribution in [2.75, 3.05) is 31.7 Å². The van der Waals surface area contributed by atoms with Crippen molar-refractivity contribution < 1.29 is 41.4 Å². The number of aromatic amines is 1. The van der Waals surface area contributed by atoms with Crippen LogP contribution in [0.1, 0.15) is 25.9 Å². The van der Waals surface area contributed by atoms with E-state index in [4.69, 9.17) is 57.5 Å². The van der Waals surface area contributed by atoms with Crippen LogP contribution in [0.5, 0.6) is 0 Å². The largest absolute Gasteiger partial charge is 0.345 e. The molecule has 2 bridgehead atoms. The van der Waals surface area contributed by atoms with Crippen molar-refractivity contribution >= 4 is 71.2 Å². The average molecular weight is 760 g/mol. The summed E-state index contributed by atoms with van der Waals surface area (Å²) in [5.74, 6) is -0.858. The van der Waals surface area contributed by atoms with Gasteiger partial charge in [0.05, 0.1) is 19.4 Å². The van der Waals surface area contributed by atoms with Crippen molar-refractivity contribution in [3.05, 3.63) is 40.1 Å². The summed E-state index contributed by atoms with van der Waals surface area (Å²) in [5, 5.41) is 10.3. The number of fused-ring (bicyclic) bond motifs is 6. The second kappa shape index (κ2) is 14.5. The van der Waals surface area contributed by atoms with Gasteiger partial charge in [-0.3, -0.25) is 24.4 Å². The monoisotopic (exact) mass is 759 g/mol. The van der Waals surface area contributed by atoms with E-state index in [1.54, 1.807) is 18.4 Å². The Hall–Kier alpha value is -3.26. The van der Waals surface area contributed by atoms with Crippen molar-refractivity contribution in [3.8, 4) is 0 Å². The zero-order chi connectivity index (χ0) is 34.9. The van der Waals surface area contributed by atoms with Crippen LogP contribution in [-0.2, 0) is 68.9 Å². The molecular formula is C24H28FN11O9P2S2. The summed E-state index contributed by atoms with van der Waals surface area (Å²) in [6.45, 7) is 1.43. The number of halogens is 1. The number of hydrogen-bond donors (Lipinski definition) is 3. The van der Waals surface area contributed by atoms with Gasteiger partial charge in [0.15, 0.2) is 29.2 Å². The summed E-state index contributed by atoms with van der Waals surface area (Å²) in [5.41, 5.74) is -0.408. The van der Waals surface area contributed by atoms with Gasteiger partial charge in [-0.25, -0.2) is 25.9 Å². The maximum absolute atomic E-state index is 16.3. The van der Waals surface area contributed by atoms with Crippen LogP contribution in [0.2, 0.25) is 0 Å². The molecule has 3 N–H and O–H groups in total. The number of amides is 1. The fourth-order valence-electron chi connectivity index (χ4n) is 4.78. The Morgan fingerprint density at radius 1 is 1.31 bits per heavy atom. The minimum absolute atomic E-state index is 0.0361. The highest BCUT2D eigenvalue weighted by atomic mass is 32.5. The molecule has 0 aromatic carbocycles. The molecule has 49 heavy (non-hydrogen) atoms. The molecule has 2 aliphatic heterocycles. The number of alkyl halides is 1. The molecular weight excluding hydrogens is 731 g/mol. The van der Waals surface area contributed by atoms with Gasteiger partial charge < -0.3 is 37.1 Å². The number of hydrogen-bond acceptors (Lipinski definition) is 16. The first-order valence-corrected chi connectivity index (χ1v) is 19.7. The Morgan fingerprint density at radius 2 is 2.12 bits per heavy atom. The van der Waals surface area contributed by atoms with Gasteiger partial charge in [-0.15, -0.1) is 5.10 Å². The van der Waals surface area contributed by atoms with Crippen molar-refractivity contribution in [2.45, 2.75) is 51.6 Å². The quantitative estimate of drug-likeness (QED) is 0.144. The number of carbonyl (C=O) groups is 1. The van der Waals surface area contributed by atoms with Gasteiger partial charge in [-0.2, -0.15) is 9.67 Å². The molecule has 0 aliphatic carbocycles. The van der Waals surface area contributed by atoms with Crippen LogP contribution >= 0.6 is 13.4 Å². The lowest BCUT2D eigenvalue weighted by Gasteiger charge is -2.24. The van der Waals surface area contributed by atoms with Crippen molar-refractivity contribution in [2.24, 2.45) is 5.92 Å². The fourth-order valence-corrected chi connectivity index (χ4v) is 7.90. The highest BCUT2D eigenvalue weighted by Crippen LogP contribution is 2.53. The Labute approximate surface area is 286 Å². The Kier molecular flexibility index (Phi) is 10.5. The van der Waals surface area contributed by atoms with E-state index in [1.165, 1.54) is 12.5 Å². The second-order valence-corrected chi connectivity index (χ2v) is 16.6. The second-order valence-electron chi connectivity index (χ2n) is 10.8. The predicted molar refractivity (Wildman–Crippen MR) is 173 cm³/mol. The lowest BCUT2D eigenvalue weighted by atomic mass is 10.1. The molecule has 20 nitrogen and oxygen atoms in total. The first-order valence-electron chi connectivity index (χ1n) is 14.5. The van der Waals surface area contributed by atoms with Crippen LogP contribution < -0.4 is 10.9 Å². The molecule has 4 aromatic rings. The van der Waals surface area contributed by atoms with Crippen LogP contribution in [0.4, 0.5) is 10.3 Å². The van der Waals surface area contributed by atoms with E-state index in [0.717, 1.165) is 4.68 Å². The van der Waals surface area contributed by atoms with Crippen LogP contribution in [0.15, 0.2) is 17.3 Å². The summed E-state index contributed by atoms with van der Waals surface area (Å²) < 4.78 is 53.7. The number of ether oxygens (including phenoxy) is 1. The molecule has 0 spiro atoms. The maximum Gasteiger partial charge on any atom is 0.327 e. The molecule has 6 heterocycles. The van der Waals surface area contributed by atoms with E-state index in [2.05, 4.69) is 45.4 Å². The molecule has 4 aromatic heterocycles. The van der Waals surface area contributed by atoms with E-state index in [-0.39, 0.29) is 49.2 Å². The number of imidazole rings is 1. The molecule has 2 aliphatic rings. The maximum atomic E-state index is 16.3. The zero-order valence-corrected chi connectivity index (χ0v) is 29.0. The molecule has 6 atom stereocenters. The number of H-pyrrole nitrogens is 1. The highest BCUT2D eigenvalue weighted by molar-refractivity contribution is 8.07. The lowest BCUT2D eigenvalue weighted by molar-refractivity contribution is -0.118. The van der Waals surface area contributed by atoms with Crippen LogP contribution in [0.3, 0.4) is 0 Å². The fraction of sp³-hybridized carbons (Fsp3) is 0.542. The van der Waals surface area contributed by atoms with Crippen molar-refractivity contribution in [1.82, 2.24) is 44.5 Å². The third-order valence-electron chi connectivity index (χ3n) is 7.12. The van der Waals surface area contributed by atoms with Crippen LogP contribution in [-0.4, -0.2) is 100 Å². The number of anilines is 1. The smallest absolute Gasteiger partial charge is 0.327 e. The van der Waals surface area contributed by atoms with Gasteiger partial charge in [-0.05, 0) is 23.6 Å². The number of nitrogens with zero attached hydrogens (tertiary/aromatic N) is 9. The lowest BCUT2D eigenvalue weighted by Crippen LogP contribution is -2.32. The molecule has 0 radical (unpaired) electrons. The number of rotatable bonds is 6. The van der Waals surface area contributed by atoms with E-state index in [9.17, 15) is 14.5 Å². The molecule has 0 saturated carbocycles. The van der Waals surface area contributed by atoms with Crippen molar-refractivity contribution in [1.29, 1.82) is 0 Å². The summed E-state index contributed by atoms with van der Waals surface area (Å²) in [4.78, 5) is 58.9. The van der Waals surface area contributed by atoms with Gasteiger partial charge in [0.2, 0.25) is 18.4 Å². The van der Waals surface area contributed by atoms with Crippen LogP contribution in [0, 0.1) is 12.5 Å². The molecule has 1 amide bonds. The average Bonchev–Trinajstić information content (AvgIpc) is 3.72. The minimum atomic E-state index is -4.27. The third kappa shape index (κ3) is 7.74. The SMILES string of the molecule is [C-]#[N+]CCOP1(=S)OCCn2c(nc3cncnc32)COP(O)(=S)O[C@@H]2[C@H](F)[C@@H](CO1)O[C@H]2n1nnc2c(=O)[nH]c(NC(=O)C(C)C)nc21. The van der Waals surface area contributed by atoms with Gasteiger partial charge in [-0.1, -0.05) is 19.1 Å². The standard InChI is InChI=1S/C24H28FN11O9P2S2/c1-12(2)21(37)31-24-30-20-17(22(38)32-24)33-34-36(20)23-18-16(25)14(44-23)9-43-47(49,40-6-4-26-3)41-7-5-35-15(10-42-46(39,48)45-18)29-13-8-27-11-28-19(13)35/h8,11-12,14,16,18,23H,4-7,9-10H2,1-2H3,(H,39,48)(H2,30,31,32,37,38)/t14-,16-,18-,23-,46?,47?/m1/s1. The normalized spacial score (nSPS) is 28.2. The van der Waals surface area contributed by atoms with Gasteiger partial charge in [0.1, 0.15) is 43.1 Å². The summed E-state index contributed by atoms with van der Waals surface area (Å²) >= 11 is 10.9. The summed E-state index contributed by atoms with van der Waals surface area (Å²) in [6, 6.07) is 0. The highest BCUT2D eigenvalue weighted by Gasteiger charge is 2.51. The van der Waals surface area contributed by atoms with Gasteiger partial charge in [0.25, 0.3) is 5.56 Å². The molecule has 2 unspecified atom stereocenters. The summed E-state index contributed by atoms with van der Waals surface area (Å²) in [7, 11) is 0. The van der Waals surface area contributed by atoms with Crippen LogP contribution in [0.25, 0.3) is 27.2 Å².